The molecule has 0 bridgehead atoms. The van der Waals surface area contributed by atoms with E-state index >= 15 is 0 Å². The summed E-state index contributed by atoms with van der Waals surface area (Å²) in [5.41, 5.74) is -1.36. The molecule has 0 aliphatic carbocycles. The van der Waals surface area contributed by atoms with Crippen LogP contribution in [0.15, 0.2) is 28.0 Å². The van der Waals surface area contributed by atoms with Crippen LogP contribution in [-0.2, 0) is 14.6 Å². The van der Waals surface area contributed by atoms with Crippen molar-refractivity contribution >= 4 is 33.2 Å². The van der Waals surface area contributed by atoms with Gasteiger partial charge in [-0.1, -0.05) is 0 Å². The van der Waals surface area contributed by atoms with Crippen molar-refractivity contribution < 1.29 is 48.9 Å². The number of hydrogen-bond acceptors (Lipinski definition) is 6. The summed E-state index contributed by atoms with van der Waals surface area (Å²) >= 11 is -1.32. The van der Waals surface area contributed by atoms with Gasteiger partial charge in [-0.15, -0.1) is 0 Å². The number of amides is 1. The van der Waals surface area contributed by atoms with Gasteiger partial charge in [0.1, 0.15) is 10.6 Å². The van der Waals surface area contributed by atoms with Crippen LogP contribution >= 0.6 is 11.8 Å². The van der Waals surface area contributed by atoms with Gasteiger partial charge in [0.2, 0.25) is 5.91 Å². The molecule has 0 unspecified atom stereocenters. The molecule has 0 aliphatic rings. The van der Waals surface area contributed by atoms with E-state index in [0.29, 0.717) is 12.1 Å². The van der Waals surface area contributed by atoms with Gasteiger partial charge in [-0.2, -0.15) is 30.7 Å². The van der Waals surface area contributed by atoms with Crippen LogP contribution in [0.5, 0.6) is 0 Å². The fourth-order valence-corrected chi connectivity index (χ4v) is 4.49. The van der Waals surface area contributed by atoms with Crippen LogP contribution in [0.2, 0.25) is 0 Å². The topological polar surface area (TPSA) is 97.6 Å². The summed E-state index contributed by atoms with van der Waals surface area (Å²) in [6.45, 7) is 3.34. The third kappa shape index (κ3) is 5.78. The smallest absolute Gasteiger partial charge is 0.342 e. The number of carbonyl (C=O) groups is 1. The lowest BCUT2D eigenvalue weighted by Gasteiger charge is -2.27. The Hall–Kier alpha value is -2.10. The SMILES string of the molecule is CCN(CC)C(=O)CS(=O)(=O)c1ccc(SC(F)(F)C(F)(F)C(F)(F)F)cc1[N+](=O)[O-]. The average Bonchev–Trinajstić information content (AvgIpc) is 2.60. The highest BCUT2D eigenvalue weighted by atomic mass is 32.2. The lowest BCUT2D eigenvalue weighted by Crippen LogP contribution is -2.49. The molecule has 1 amide bonds. The van der Waals surface area contributed by atoms with E-state index in [9.17, 15) is 54.1 Å². The molecular weight excluding hydrogens is 485 g/mol. The van der Waals surface area contributed by atoms with Crippen molar-refractivity contribution in [3.05, 3.63) is 28.3 Å². The Bertz CT molecular complexity index is 948. The molecule has 0 N–H and O–H groups in total. The molecule has 1 aromatic rings. The van der Waals surface area contributed by atoms with Gasteiger partial charge in [0, 0.05) is 24.1 Å². The van der Waals surface area contributed by atoms with Crippen molar-refractivity contribution in [1.29, 1.82) is 0 Å². The zero-order valence-corrected chi connectivity index (χ0v) is 17.4. The van der Waals surface area contributed by atoms with Crippen molar-refractivity contribution in [2.45, 2.75) is 41.0 Å². The highest BCUT2D eigenvalue weighted by molar-refractivity contribution is 8.00. The van der Waals surface area contributed by atoms with Crippen LogP contribution in [0, 0.1) is 10.1 Å². The maximum absolute atomic E-state index is 13.5. The van der Waals surface area contributed by atoms with Gasteiger partial charge in [0.25, 0.3) is 5.69 Å². The van der Waals surface area contributed by atoms with Gasteiger partial charge in [-0.3, -0.25) is 14.9 Å². The number of halogens is 7. The maximum Gasteiger partial charge on any atom is 0.460 e. The van der Waals surface area contributed by atoms with E-state index in [1.54, 1.807) is 13.8 Å². The number of carbonyl (C=O) groups excluding carboxylic acids is 1. The molecule has 0 saturated carbocycles. The molecule has 0 saturated heterocycles. The number of alkyl halides is 7. The molecular formula is C15H15F7N2O5S2. The second-order valence-electron chi connectivity index (χ2n) is 5.90. The molecule has 0 aromatic heterocycles. The second kappa shape index (κ2) is 9.18. The highest BCUT2D eigenvalue weighted by Gasteiger charge is 2.73. The first-order valence-electron chi connectivity index (χ1n) is 8.21. The van der Waals surface area contributed by atoms with Gasteiger partial charge in [0.05, 0.1) is 4.92 Å². The van der Waals surface area contributed by atoms with Gasteiger partial charge >= 0.3 is 17.4 Å². The maximum atomic E-state index is 13.5. The minimum atomic E-state index is -6.61. The molecule has 16 heteroatoms. The van der Waals surface area contributed by atoms with Crippen molar-refractivity contribution in [3.8, 4) is 0 Å². The summed E-state index contributed by atoms with van der Waals surface area (Å²) in [5.74, 6) is -8.58. The van der Waals surface area contributed by atoms with Crippen molar-refractivity contribution in [3.63, 3.8) is 0 Å². The predicted molar refractivity (Wildman–Crippen MR) is 94.9 cm³/mol. The lowest BCUT2D eigenvalue weighted by molar-refractivity contribution is -0.388. The van der Waals surface area contributed by atoms with Crippen LogP contribution in [-0.4, -0.2) is 60.3 Å². The number of benzene rings is 1. The number of hydrogen-bond donors (Lipinski definition) is 0. The van der Waals surface area contributed by atoms with Crippen LogP contribution in [0.25, 0.3) is 0 Å². The molecule has 1 aromatic carbocycles. The molecule has 0 spiro atoms. The minimum Gasteiger partial charge on any atom is -0.342 e. The van der Waals surface area contributed by atoms with E-state index in [1.165, 1.54) is 0 Å². The number of nitrogens with zero attached hydrogens (tertiary/aromatic N) is 2. The molecule has 0 aliphatic heterocycles. The summed E-state index contributed by atoms with van der Waals surface area (Å²) < 4.78 is 115. The molecule has 0 atom stereocenters. The molecule has 0 fully saturated rings. The van der Waals surface area contributed by atoms with E-state index in [-0.39, 0.29) is 19.2 Å². The largest absolute Gasteiger partial charge is 0.460 e. The normalized spacial score (nSPS) is 13.2. The van der Waals surface area contributed by atoms with Crippen molar-refractivity contribution in [1.82, 2.24) is 4.90 Å². The number of nitro benzene ring substituents is 1. The highest BCUT2D eigenvalue weighted by Crippen LogP contribution is 2.54. The second-order valence-corrected chi connectivity index (χ2v) is 9.05. The molecule has 0 heterocycles. The van der Waals surface area contributed by atoms with E-state index in [4.69, 9.17) is 0 Å². The molecule has 31 heavy (non-hydrogen) atoms. The first-order chi connectivity index (χ1) is 13.9. The monoisotopic (exact) mass is 500 g/mol. The standard InChI is InChI=1S/C15H15F7N2O5S2/c1-3-23(4-2)12(25)8-31(28,29)11-6-5-9(7-10(11)24(26)27)30-15(21,22)13(16,17)14(18,19)20/h5-7H,3-4,8H2,1-2H3. The van der Waals surface area contributed by atoms with E-state index < -0.39 is 71.0 Å². The number of rotatable bonds is 9. The number of thioether (sulfide) groups is 1. The Morgan fingerprint density at radius 3 is 2.03 bits per heavy atom. The van der Waals surface area contributed by atoms with Gasteiger partial charge in [-0.05, 0) is 37.7 Å². The zero-order valence-electron chi connectivity index (χ0n) is 15.8. The summed E-state index contributed by atoms with van der Waals surface area (Å²) in [4.78, 5) is 20.8. The van der Waals surface area contributed by atoms with E-state index in [0.717, 1.165) is 4.90 Å². The Kier molecular flexibility index (Phi) is 7.97. The van der Waals surface area contributed by atoms with E-state index in [2.05, 4.69) is 0 Å². The quantitative estimate of drug-likeness (QED) is 0.219. The van der Waals surface area contributed by atoms with Gasteiger partial charge in [-0.25, -0.2) is 8.42 Å². The van der Waals surface area contributed by atoms with Gasteiger partial charge in [0.15, 0.2) is 9.84 Å². The molecule has 7 nitrogen and oxygen atoms in total. The van der Waals surface area contributed by atoms with Crippen LogP contribution in [0.4, 0.5) is 36.4 Å². The number of nitro groups is 1. The molecule has 176 valence electrons. The first-order valence-corrected chi connectivity index (χ1v) is 10.7. The van der Waals surface area contributed by atoms with Crippen LogP contribution in [0.3, 0.4) is 0 Å². The lowest BCUT2D eigenvalue weighted by atomic mass is 10.3. The predicted octanol–water partition coefficient (Wildman–Crippen LogP) is 4.12. The Morgan fingerprint density at radius 1 is 1.10 bits per heavy atom. The molecule has 1 rings (SSSR count). The Labute approximate surface area is 175 Å². The van der Waals surface area contributed by atoms with Crippen LogP contribution < -0.4 is 0 Å². The molecule has 0 radical (unpaired) electrons. The first kappa shape index (κ1) is 26.9. The summed E-state index contributed by atoms with van der Waals surface area (Å²) in [7, 11) is -4.67. The van der Waals surface area contributed by atoms with Crippen molar-refractivity contribution in [2.24, 2.45) is 0 Å². The zero-order chi connectivity index (χ0) is 24.4. The van der Waals surface area contributed by atoms with E-state index in [1.807, 2.05) is 0 Å². The third-order valence-electron chi connectivity index (χ3n) is 3.86. The fraction of sp³-hybridized carbons (Fsp3) is 0.533. The summed E-state index contributed by atoms with van der Waals surface area (Å²) in [5, 5.41) is 5.44. The Morgan fingerprint density at radius 2 is 1.61 bits per heavy atom. The van der Waals surface area contributed by atoms with Crippen LogP contribution in [0.1, 0.15) is 13.8 Å². The summed E-state index contributed by atoms with van der Waals surface area (Å²) in [6, 6.07) is 0.930. The average molecular weight is 500 g/mol. The van der Waals surface area contributed by atoms with Crippen molar-refractivity contribution in [2.75, 3.05) is 18.8 Å². The number of sulfone groups is 1. The summed E-state index contributed by atoms with van der Waals surface area (Å²) in [6.07, 6.45) is -6.61. The van der Waals surface area contributed by atoms with Gasteiger partial charge < -0.3 is 4.90 Å². The Balaban J connectivity index is 3.37. The minimum absolute atomic E-state index is 0.125. The fourth-order valence-electron chi connectivity index (χ4n) is 2.25. The third-order valence-corrected chi connectivity index (χ3v) is 6.50.